The van der Waals surface area contributed by atoms with Crippen molar-refractivity contribution < 1.29 is 14.3 Å². The molecule has 1 saturated heterocycles. The first-order valence-corrected chi connectivity index (χ1v) is 9.81. The summed E-state index contributed by atoms with van der Waals surface area (Å²) in [4.78, 5) is 36.8. The van der Waals surface area contributed by atoms with Crippen LogP contribution < -0.4 is 4.90 Å². The number of H-pyrrole nitrogens is 1. The molecule has 7 heteroatoms. The Morgan fingerprint density at radius 2 is 1.83 bits per heavy atom. The summed E-state index contributed by atoms with van der Waals surface area (Å²) in [6, 6.07) is 13.2. The van der Waals surface area contributed by atoms with E-state index in [4.69, 9.17) is 4.74 Å². The highest BCUT2D eigenvalue weighted by atomic mass is 16.5. The van der Waals surface area contributed by atoms with Crippen molar-refractivity contribution in [2.75, 3.05) is 31.1 Å². The van der Waals surface area contributed by atoms with Crippen molar-refractivity contribution in [1.29, 1.82) is 0 Å². The van der Waals surface area contributed by atoms with Crippen molar-refractivity contribution in [2.45, 2.75) is 20.0 Å². The number of fused-ring (bicyclic) bond motifs is 1. The molecule has 2 aromatic heterocycles. The first-order chi connectivity index (χ1) is 14.0. The molecule has 3 heterocycles. The highest BCUT2D eigenvalue weighted by molar-refractivity contribution is 5.98. The summed E-state index contributed by atoms with van der Waals surface area (Å²) in [6.45, 7) is 5.97. The quantitative estimate of drug-likeness (QED) is 0.691. The van der Waals surface area contributed by atoms with Crippen LogP contribution in [0.1, 0.15) is 34.7 Å². The van der Waals surface area contributed by atoms with E-state index < -0.39 is 0 Å². The Morgan fingerprint density at radius 3 is 2.55 bits per heavy atom. The molecular weight excluding hydrogens is 368 g/mol. The molecule has 1 N–H and O–H groups in total. The SMILES string of the molecule is CC(C)OC(=O)c1cccnc1N1CCN(C(=O)c2cc3ccccc3[nH]2)CC1. The number of nitrogens with zero attached hydrogens (tertiary/aromatic N) is 3. The molecule has 1 aliphatic rings. The summed E-state index contributed by atoms with van der Waals surface area (Å²) in [7, 11) is 0. The van der Waals surface area contributed by atoms with E-state index in [-0.39, 0.29) is 18.0 Å². The van der Waals surface area contributed by atoms with Crippen LogP contribution in [0.2, 0.25) is 0 Å². The predicted molar refractivity (Wildman–Crippen MR) is 111 cm³/mol. The lowest BCUT2D eigenvalue weighted by Gasteiger charge is -2.35. The van der Waals surface area contributed by atoms with Gasteiger partial charge in [0.05, 0.1) is 6.10 Å². The Bertz CT molecular complexity index is 1000. The zero-order chi connectivity index (χ0) is 20.4. The molecule has 1 aliphatic heterocycles. The minimum absolute atomic E-state index is 0.0127. The zero-order valence-electron chi connectivity index (χ0n) is 16.6. The number of amides is 1. The number of hydrogen-bond donors (Lipinski definition) is 1. The van der Waals surface area contributed by atoms with E-state index in [2.05, 4.69) is 9.97 Å². The molecule has 1 aromatic carbocycles. The Morgan fingerprint density at radius 1 is 1.07 bits per heavy atom. The maximum atomic E-state index is 12.9. The minimum Gasteiger partial charge on any atom is -0.459 e. The van der Waals surface area contributed by atoms with Crippen LogP contribution in [-0.2, 0) is 4.74 Å². The number of hydrogen-bond acceptors (Lipinski definition) is 5. The number of carbonyl (C=O) groups excluding carboxylic acids is 2. The van der Waals surface area contributed by atoms with Crippen LogP contribution in [0.25, 0.3) is 10.9 Å². The van der Waals surface area contributed by atoms with Crippen LogP contribution in [0.4, 0.5) is 5.82 Å². The average molecular weight is 392 g/mol. The zero-order valence-corrected chi connectivity index (χ0v) is 16.6. The molecule has 0 radical (unpaired) electrons. The van der Waals surface area contributed by atoms with Crippen LogP contribution >= 0.6 is 0 Å². The second-order valence-electron chi connectivity index (χ2n) is 7.38. The van der Waals surface area contributed by atoms with E-state index in [0.29, 0.717) is 43.3 Å². The fourth-order valence-electron chi connectivity index (χ4n) is 3.57. The van der Waals surface area contributed by atoms with Crippen LogP contribution in [0.15, 0.2) is 48.7 Å². The maximum Gasteiger partial charge on any atom is 0.342 e. The summed E-state index contributed by atoms with van der Waals surface area (Å²) in [5, 5.41) is 1.02. The van der Waals surface area contributed by atoms with E-state index in [1.54, 1.807) is 18.3 Å². The lowest BCUT2D eigenvalue weighted by atomic mass is 10.2. The molecule has 1 amide bonds. The van der Waals surface area contributed by atoms with Gasteiger partial charge in [0.2, 0.25) is 0 Å². The standard InChI is InChI=1S/C22H24N4O3/c1-15(2)29-22(28)17-7-5-9-23-20(17)25-10-12-26(13-11-25)21(27)19-14-16-6-3-4-8-18(16)24-19/h3-9,14-15,24H,10-13H2,1-2H3. The number of pyridine rings is 1. The van der Waals surface area contributed by atoms with Crippen LogP contribution in [0.5, 0.6) is 0 Å². The Labute approximate surface area is 169 Å². The highest BCUT2D eigenvalue weighted by Crippen LogP contribution is 2.22. The van der Waals surface area contributed by atoms with Gasteiger partial charge in [-0.2, -0.15) is 0 Å². The molecule has 0 unspecified atom stereocenters. The summed E-state index contributed by atoms with van der Waals surface area (Å²) in [6.07, 6.45) is 1.48. The number of anilines is 1. The second-order valence-corrected chi connectivity index (χ2v) is 7.38. The fraction of sp³-hybridized carbons (Fsp3) is 0.318. The van der Waals surface area contributed by atoms with E-state index in [0.717, 1.165) is 10.9 Å². The van der Waals surface area contributed by atoms with Crippen molar-refractivity contribution in [3.8, 4) is 0 Å². The van der Waals surface area contributed by atoms with Gasteiger partial charge in [0, 0.05) is 43.3 Å². The fourth-order valence-corrected chi connectivity index (χ4v) is 3.57. The number of aromatic amines is 1. The van der Waals surface area contributed by atoms with E-state index in [1.165, 1.54) is 0 Å². The summed E-state index contributed by atoms with van der Waals surface area (Å²) < 4.78 is 5.34. The number of carbonyl (C=O) groups is 2. The van der Waals surface area contributed by atoms with Gasteiger partial charge in [0.1, 0.15) is 17.1 Å². The van der Waals surface area contributed by atoms with Gasteiger partial charge >= 0.3 is 5.97 Å². The number of esters is 1. The van der Waals surface area contributed by atoms with Crippen LogP contribution in [0, 0.1) is 0 Å². The molecule has 150 valence electrons. The molecule has 0 aliphatic carbocycles. The first-order valence-electron chi connectivity index (χ1n) is 9.81. The lowest BCUT2D eigenvalue weighted by molar-refractivity contribution is 0.0377. The molecule has 3 aromatic rings. The van der Waals surface area contributed by atoms with E-state index in [9.17, 15) is 9.59 Å². The van der Waals surface area contributed by atoms with Crippen molar-refractivity contribution in [2.24, 2.45) is 0 Å². The summed E-state index contributed by atoms with van der Waals surface area (Å²) in [5.74, 6) is 0.219. The third kappa shape index (κ3) is 3.94. The molecule has 1 fully saturated rings. The van der Waals surface area contributed by atoms with Crippen LogP contribution in [0.3, 0.4) is 0 Å². The van der Waals surface area contributed by atoms with Gasteiger partial charge < -0.3 is 19.5 Å². The lowest BCUT2D eigenvalue weighted by Crippen LogP contribution is -2.49. The van der Waals surface area contributed by atoms with Gasteiger partial charge in [0.25, 0.3) is 5.91 Å². The molecular formula is C22H24N4O3. The summed E-state index contributed by atoms with van der Waals surface area (Å²) in [5.41, 5.74) is 2.01. The molecule has 4 rings (SSSR count). The number of benzene rings is 1. The van der Waals surface area contributed by atoms with Gasteiger partial charge in [-0.25, -0.2) is 9.78 Å². The van der Waals surface area contributed by atoms with Crippen molar-refractivity contribution >= 4 is 28.6 Å². The Hall–Kier alpha value is -3.35. The third-order valence-corrected chi connectivity index (χ3v) is 4.98. The number of ether oxygens (including phenoxy) is 1. The Balaban J connectivity index is 1.46. The number of piperazine rings is 1. The summed E-state index contributed by atoms with van der Waals surface area (Å²) >= 11 is 0. The number of para-hydroxylation sites is 1. The van der Waals surface area contributed by atoms with Crippen molar-refractivity contribution in [1.82, 2.24) is 14.9 Å². The maximum absolute atomic E-state index is 12.9. The topological polar surface area (TPSA) is 78.5 Å². The third-order valence-electron chi connectivity index (χ3n) is 4.98. The molecule has 0 spiro atoms. The van der Waals surface area contributed by atoms with E-state index in [1.807, 2.05) is 54.0 Å². The highest BCUT2D eigenvalue weighted by Gasteiger charge is 2.26. The smallest absolute Gasteiger partial charge is 0.342 e. The van der Waals surface area contributed by atoms with Gasteiger partial charge in [-0.15, -0.1) is 0 Å². The molecule has 7 nitrogen and oxygen atoms in total. The number of nitrogens with one attached hydrogen (secondary N) is 1. The van der Waals surface area contributed by atoms with Crippen molar-refractivity contribution in [3.63, 3.8) is 0 Å². The monoisotopic (exact) mass is 392 g/mol. The largest absolute Gasteiger partial charge is 0.459 e. The average Bonchev–Trinajstić information content (AvgIpc) is 3.17. The van der Waals surface area contributed by atoms with Gasteiger partial charge in [0.15, 0.2) is 0 Å². The number of rotatable bonds is 4. The van der Waals surface area contributed by atoms with Gasteiger partial charge in [-0.1, -0.05) is 18.2 Å². The normalized spacial score (nSPS) is 14.4. The first kappa shape index (κ1) is 19.0. The van der Waals surface area contributed by atoms with Gasteiger partial charge in [-0.3, -0.25) is 4.79 Å². The van der Waals surface area contributed by atoms with Gasteiger partial charge in [-0.05, 0) is 38.1 Å². The molecule has 29 heavy (non-hydrogen) atoms. The predicted octanol–water partition coefficient (Wildman–Crippen LogP) is 3.09. The molecule has 0 bridgehead atoms. The van der Waals surface area contributed by atoms with Crippen molar-refractivity contribution in [3.05, 3.63) is 59.9 Å². The van der Waals surface area contributed by atoms with Crippen LogP contribution in [-0.4, -0.2) is 59.0 Å². The number of aromatic nitrogens is 2. The minimum atomic E-state index is -0.375. The van der Waals surface area contributed by atoms with E-state index >= 15 is 0 Å². The molecule has 0 atom stereocenters. The molecule has 0 saturated carbocycles. The Kier molecular flexibility index (Phi) is 5.20. The second kappa shape index (κ2) is 7.95.